The smallest absolute Gasteiger partial charge is 0.251 e. The minimum absolute atomic E-state index is 0.0694. The standard InChI is InChI=1S/C27H25BrN4O2S/c1-3-17(2)23(25(34)30-27-32-31-26(35-27)21-10-7-11-22(28)16-21)29-24(33)20-14-12-19(13-15-20)18-8-5-4-6-9-18/h4-17,23H,3H2,1-2H3,(H,29,33)(H,30,32,34). The van der Waals surface area contributed by atoms with Gasteiger partial charge < -0.3 is 5.32 Å². The van der Waals surface area contributed by atoms with Crippen LogP contribution in [-0.2, 0) is 4.79 Å². The van der Waals surface area contributed by atoms with Crippen LogP contribution in [-0.4, -0.2) is 28.1 Å². The summed E-state index contributed by atoms with van der Waals surface area (Å²) in [6, 6.07) is 24.4. The minimum atomic E-state index is -0.709. The van der Waals surface area contributed by atoms with Crippen LogP contribution in [0.4, 0.5) is 5.13 Å². The second-order valence-electron chi connectivity index (χ2n) is 8.19. The van der Waals surface area contributed by atoms with Gasteiger partial charge in [0.05, 0.1) is 0 Å². The highest BCUT2D eigenvalue weighted by atomic mass is 79.9. The summed E-state index contributed by atoms with van der Waals surface area (Å²) in [5, 5.41) is 15.1. The molecule has 2 unspecified atom stereocenters. The quantitative estimate of drug-likeness (QED) is 0.266. The fourth-order valence-electron chi connectivity index (χ4n) is 3.57. The molecular weight excluding hydrogens is 524 g/mol. The molecule has 0 aliphatic rings. The maximum atomic E-state index is 13.1. The highest BCUT2D eigenvalue weighted by molar-refractivity contribution is 9.10. The van der Waals surface area contributed by atoms with E-state index in [2.05, 4.69) is 36.8 Å². The molecule has 4 aromatic rings. The van der Waals surface area contributed by atoms with E-state index in [0.717, 1.165) is 27.6 Å². The highest BCUT2D eigenvalue weighted by Gasteiger charge is 2.27. The Labute approximate surface area is 216 Å². The average molecular weight is 549 g/mol. The fraction of sp³-hybridized carbons (Fsp3) is 0.185. The topological polar surface area (TPSA) is 84.0 Å². The molecule has 0 fully saturated rings. The summed E-state index contributed by atoms with van der Waals surface area (Å²) in [7, 11) is 0. The van der Waals surface area contributed by atoms with Crippen LogP contribution in [0.1, 0.15) is 30.6 Å². The van der Waals surface area contributed by atoms with Crippen LogP contribution in [0.25, 0.3) is 21.7 Å². The van der Waals surface area contributed by atoms with Crippen molar-refractivity contribution in [3.8, 4) is 21.7 Å². The minimum Gasteiger partial charge on any atom is -0.340 e. The van der Waals surface area contributed by atoms with Crippen molar-refractivity contribution >= 4 is 44.2 Å². The third-order valence-corrected chi connectivity index (χ3v) is 7.14. The predicted molar refractivity (Wildman–Crippen MR) is 144 cm³/mol. The molecule has 1 aromatic heterocycles. The first-order valence-electron chi connectivity index (χ1n) is 11.3. The second kappa shape index (κ2) is 11.4. The van der Waals surface area contributed by atoms with Crippen LogP contribution in [0, 0.1) is 5.92 Å². The molecule has 6 nitrogen and oxygen atoms in total. The molecule has 2 atom stereocenters. The third-order valence-electron chi connectivity index (χ3n) is 5.76. The Balaban J connectivity index is 1.45. The molecule has 1 heterocycles. The van der Waals surface area contributed by atoms with E-state index < -0.39 is 6.04 Å². The van der Waals surface area contributed by atoms with E-state index in [1.165, 1.54) is 11.3 Å². The van der Waals surface area contributed by atoms with Gasteiger partial charge in [-0.3, -0.25) is 14.9 Å². The number of anilines is 1. The second-order valence-corrected chi connectivity index (χ2v) is 10.1. The van der Waals surface area contributed by atoms with Crippen molar-refractivity contribution in [3.05, 3.63) is 88.9 Å². The zero-order chi connectivity index (χ0) is 24.8. The van der Waals surface area contributed by atoms with E-state index in [-0.39, 0.29) is 17.7 Å². The Morgan fingerprint density at radius 1 is 0.914 bits per heavy atom. The summed E-state index contributed by atoms with van der Waals surface area (Å²) in [4.78, 5) is 26.1. The maximum Gasteiger partial charge on any atom is 0.251 e. The van der Waals surface area contributed by atoms with Crippen LogP contribution in [0.5, 0.6) is 0 Å². The molecule has 8 heteroatoms. The number of benzene rings is 3. The molecule has 0 aliphatic heterocycles. The van der Waals surface area contributed by atoms with Crippen LogP contribution in [0.15, 0.2) is 83.3 Å². The van der Waals surface area contributed by atoms with Gasteiger partial charge in [-0.05, 0) is 41.3 Å². The third kappa shape index (κ3) is 6.21. The van der Waals surface area contributed by atoms with Gasteiger partial charge in [-0.15, -0.1) is 10.2 Å². The Morgan fingerprint density at radius 3 is 2.29 bits per heavy atom. The predicted octanol–water partition coefficient (Wildman–Crippen LogP) is 6.42. The number of halogens is 1. The molecular formula is C27H25BrN4O2S. The first-order valence-corrected chi connectivity index (χ1v) is 12.9. The van der Waals surface area contributed by atoms with Crippen LogP contribution in [0.3, 0.4) is 0 Å². The van der Waals surface area contributed by atoms with Crippen LogP contribution >= 0.6 is 27.3 Å². The van der Waals surface area contributed by atoms with Gasteiger partial charge >= 0.3 is 0 Å². The summed E-state index contributed by atoms with van der Waals surface area (Å²) in [5.74, 6) is -0.678. The Bertz CT molecular complexity index is 1310. The summed E-state index contributed by atoms with van der Waals surface area (Å²) in [6.07, 6.45) is 0.727. The fourth-order valence-corrected chi connectivity index (χ4v) is 4.71. The van der Waals surface area contributed by atoms with Gasteiger partial charge in [0.15, 0.2) is 0 Å². The number of carbonyl (C=O) groups is 2. The number of hydrogen-bond donors (Lipinski definition) is 2. The number of amides is 2. The lowest BCUT2D eigenvalue weighted by molar-refractivity contribution is -0.119. The van der Waals surface area contributed by atoms with Crippen LogP contribution < -0.4 is 10.6 Å². The van der Waals surface area contributed by atoms with Crippen molar-refractivity contribution in [2.24, 2.45) is 5.92 Å². The molecule has 2 N–H and O–H groups in total. The van der Waals surface area contributed by atoms with Gasteiger partial charge in [-0.2, -0.15) is 0 Å². The average Bonchev–Trinajstić information content (AvgIpc) is 3.35. The van der Waals surface area contributed by atoms with Gasteiger partial charge in [-0.1, -0.05) is 102 Å². The number of aromatic nitrogens is 2. The van der Waals surface area contributed by atoms with Gasteiger partial charge in [0, 0.05) is 15.6 Å². The molecule has 0 aliphatic carbocycles. The molecule has 35 heavy (non-hydrogen) atoms. The van der Waals surface area contributed by atoms with Crippen molar-refractivity contribution < 1.29 is 9.59 Å². The Hall–Kier alpha value is -3.36. The van der Waals surface area contributed by atoms with Crippen molar-refractivity contribution in [2.45, 2.75) is 26.3 Å². The number of nitrogens with zero attached hydrogens (tertiary/aromatic N) is 2. The van der Waals surface area contributed by atoms with Crippen molar-refractivity contribution in [2.75, 3.05) is 5.32 Å². The Morgan fingerprint density at radius 2 is 1.60 bits per heavy atom. The largest absolute Gasteiger partial charge is 0.340 e. The van der Waals surface area contributed by atoms with Gasteiger partial charge in [-0.25, -0.2) is 0 Å². The van der Waals surface area contributed by atoms with E-state index in [4.69, 9.17) is 0 Å². The molecule has 0 saturated carbocycles. The molecule has 0 bridgehead atoms. The highest BCUT2D eigenvalue weighted by Crippen LogP contribution is 2.28. The van der Waals surface area contributed by atoms with Gasteiger partial charge in [0.25, 0.3) is 5.91 Å². The molecule has 178 valence electrons. The summed E-state index contributed by atoms with van der Waals surface area (Å²) < 4.78 is 0.937. The lowest BCUT2D eigenvalue weighted by Gasteiger charge is -2.23. The van der Waals surface area contributed by atoms with Crippen LogP contribution in [0.2, 0.25) is 0 Å². The number of hydrogen-bond acceptors (Lipinski definition) is 5. The molecule has 4 rings (SSSR count). The Kier molecular flexibility index (Phi) is 8.05. The SMILES string of the molecule is CCC(C)C(NC(=O)c1ccc(-c2ccccc2)cc1)C(=O)Nc1nnc(-c2cccc(Br)c2)s1. The normalized spacial score (nSPS) is 12.5. The zero-order valence-electron chi connectivity index (χ0n) is 19.4. The van der Waals surface area contributed by atoms with E-state index >= 15 is 0 Å². The first kappa shape index (κ1) is 24.8. The molecule has 0 radical (unpaired) electrons. The first-order chi connectivity index (χ1) is 16.9. The van der Waals surface area contributed by atoms with E-state index in [1.807, 2.05) is 80.6 Å². The van der Waals surface area contributed by atoms with Gasteiger partial charge in [0.1, 0.15) is 11.0 Å². The van der Waals surface area contributed by atoms with Crippen molar-refractivity contribution in [1.29, 1.82) is 0 Å². The molecule has 0 spiro atoms. The van der Waals surface area contributed by atoms with E-state index in [9.17, 15) is 9.59 Å². The number of nitrogens with one attached hydrogen (secondary N) is 2. The number of carbonyl (C=O) groups excluding carboxylic acids is 2. The summed E-state index contributed by atoms with van der Waals surface area (Å²) in [6.45, 7) is 3.93. The summed E-state index contributed by atoms with van der Waals surface area (Å²) >= 11 is 4.74. The summed E-state index contributed by atoms with van der Waals surface area (Å²) in [5.41, 5.74) is 3.51. The number of rotatable bonds is 8. The molecule has 3 aromatic carbocycles. The zero-order valence-corrected chi connectivity index (χ0v) is 21.8. The lowest BCUT2D eigenvalue weighted by Crippen LogP contribution is -2.47. The molecule has 2 amide bonds. The lowest BCUT2D eigenvalue weighted by atomic mass is 9.97. The maximum absolute atomic E-state index is 13.1. The van der Waals surface area contributed by atoms with Crippen molar-refractivity contribution in [3.63, 3.8) is 0 Å². The van der Waals surface area contributed by atoms with E-state index in [1.54, 1.807) is 12.1 Å². The van der Waals surface area contributed by atoms with Crippen molar-refractivity contribution in [1.82, 2.24) is 15.5 Å². The van der Waals surface area contributed by atoms with E-state index in [0.29, 0.717) is 15.7 Å². The van der Waals surface area contributed by atoms with Gasteiger partial charge in [0.2, 0.25) is 11.0 Å². The monoisotopic (exact) mass is 548 g/mol. The molecule has 0 saturated heterocycles.